The van der Waals surface area contributed by atoms with Crippen molar-refractivity contribution in [3.05, 3.63) is 46.5 Å². The van der Waals surface area contributed by atoms with Crippen molar-refractivity contribution >= 4 is 11.6 Å². The van der Waals surface area contributed by atoms with Crippen LogP contribution in [0, 0.1) is 5.82 Å². The molecule has 0 spiro atoms. The molecule has 0 saturated heterocycles. The summed E-state index contributed by atoms with van der Waals surface area (Å²) in [6.45, 7) is -0.0956. The molecule has 0 aliphatic heterocycles. The second-order valence-electron chi connectivity index (χ2n) is 4.50. The van der Waals surface area contributed by atoms with Gasteiger partial charge < -0.3 is 5.11 Å². The Kier molecular flexibility index (Phi) is 2.84. The minimum atomic E-state index is -0.442. The molecule has 1 aliphatic carbocycles. The van der Waals surface area contributed by atoms with Gasteiger partial charge in [-0.3, -0.25) is 0 Å². The van der Waals surface area contributed by atoms with Gasteiger partial charge >= 0.3 is 0 Å². The summed E-state index contributed by atoms with van der Waals surface area (Å²) in [5.74, 6) is 0.0459. The SMILES string of the molecule is OCc1cc(C2CC2)n(-c2ccc(F)c(Cl)c2)n1. The Labute approximate surface area is 109 Å². The molecular weight excluding hydrogens is 255 g/mol. The summed E-state index contributed by atoms with van der Waals surface area (Å²) in [6, 6.07) is 6.42. The average Bonchev–Trinajstić information content (AvgIpc) is 3.12. The standard InChI is InChI=1S/C13H12ClFN2O/c14-11-6-10(3-4-12(11)15)17-13(8-1-2-8)5-9(7-18)16-17/h3-6,8,18H,1-2,7H2. The van der Waals surface area contributed by atoms with Gasteiger partial charge in [0.15, 0.2) is 0 Å². The van der Waals surface area contributed by atoms with E-state index in [1.807, 2.05) is 6.07 Å². The molecule has 0 amide bonds. The van der Waals surface area contributed by atoms with Gasteiger partial charge in [-0.25, -0.2) is 9.07 Å². The number of benzene rings is 1. The normalized spacial score (nSPS) is 15.1. The van der Waals surface area contributed by atoms with E-state index in [1.54, 1.807) is 16.8 Å². The molecular formula is C13H12ClFN2O. The van der Waals surface area contributed by atoms with Crippen LogP contribution in [0.5, 0.6) is 0 Å². The molecule has 0 atom stereocenters. The maximum atomic E-state index is 13.2. The lowest BCUT2D eigenvalue weighted by atomic mass is 10.2. The number of hydrogen-bond donors (Lipinski definition) is 1. The molecule has 0 bridgehead atoms. The summed E-state index contributed by atoms with van der Waals surface area (Å²) in [6.07, 6.45) is 2.26. The Morgan fingerprint density at radius 3 is 2.78 bits per heavy atom. The Balaban J connectivity index is 2.08. The lowest BCUT2D eigenvalue weighted by Crippen LogP contribution is -2.02. The van der Waals surface area contributed by atoms with Crippen molar-refractivity contribution in [1.82, 2.24) is 9.78 Å². The van der Waals surface area contributed by atoms with Gasteiger partial charge in [-0.1, -0.05) is 11.6 Å². The Bertz CT molecular complexity index is 593. The first kappa shape index (κ1) is 11.7. The highest BCUT2D eigenvalue weighted by Gasteiger charge is 2.28. The lowest BCUT2D eigenvalue weighted by Gasteiger charge is -2.07. The van der Waals surface area contributed by atoms with Crippen LogP contribution in [0.1, 0.15) is 30.1 Å². The molecule has 3 rings (SSSR count). The van der Waals surface area contributed by atoms with E-state index in [9.17, 15) is 4.39 Å². The van der Waals surface area contributed by atoms with E-state index in [-0.39, 0.29) is 11.6 Å². The predicted molar refractivity (Wildman–Crippen MR) is 66.4 cm³/mol. The van der Waals surface area contributed by atoms with Crippen LogP contribution in [-0.2, 0) is 6.61 Å². The minimum absolute atomic E-state index is 0.0790. The van der Waals surface area contributed by atoms with E-state index in [0.29, 0.717) is 11.6 Å². The van der Waals surface area contributed by atoms with E-state index in [0.717, 1.165) is 24.2 Å². The highest BCUT2D eigenvalue weighted by molar-refractivity contribution is 6.30. The Hall–Kier alpha value is -1.39. The number of hydrogen-bond acceptors (Lipinski definition) is 2. The summed E-state index contributed by atoms with van der Waals surface area (Å²) in [5.41, 5.74) is 2.40. The van der Waals surface area contributed by atoms with E-state index < -0.39 is 5.82 Å². The van der Waals surface area contributed by atoms with Crippen LogP contribution in [0.3, 0.4) is 0 Å². The number of aliphatic hydroxyl groups excluding tert-OH is 1. The van der Waals surface area contributed by atoms with Crippen LogP contribution >= 0.6 is 11.6 Å². The fraction of sp³-hybridized carbons (Fsp3) is 0.308. The van der Waals surface area contributed by atoms with Gasteiger partial charge in [0.25, 0.3) is 0 Å². The van der Waals surface area contributed by atoms with Crippen molar-refractivity contribution < 1.29 is 9.50 Å². The summed E-state index contributed by atoms with van der Waals surface area (Å²) in [4.78, 5) is 0. The molecule has 1 aromatic heterocycles. The largest absolute Gasteiger partial charge is 0.390 e. The highest BCUT2D eigenvalue weighted by Crippen LogP contribution is 2.41. The second kappa shape index (κ2) is 4.37. The third-order valence-corrected chi connectivity index (χ3v) is 3.38. The van der Waals surface area contributed by atoms with Gasteiger partial charge in [-0.05, 0) is 37.1 Å². The van der Waals surface area contributed by atoms with E-state index in [2.05, 4.69) is 5.10 Å². The van der Waals surface area contributed by atoms with E-state index in [1.165, 1.54) is 6.07 Å². The molecule has 1 saturated carbocycles. The van der Waals surface area contributed by atoms with Crippen LogP contribution in [0.15, 0.2) is 24.3 Å². The molecule has 1 N–H and O–H groups in total. The van der Waals surface area contributed by atoms with Gasteiger partial charge in [0.2, 0.25) is 0 Å². The summed E-state index contributed by atoms with van der Waals surface area (Å²) < 4.78 is 14.9. The minimum Gasteiger partial charge on any atom is -0.390 e. The molecule has 5 heteroatoms. The van der Waals surface area contributed by atoms with Gasteiger partial charge in [0.1, 0.15) is 5.82 Å². The smallest absolute Gasteiger partial charge is 0.141 e. The third-order valence-electron chi connectivity index (χ3n) is 3.09. The number of aliphatic hydroxyl groups is 1. The summed E-state index contributed by atoms with van der Waals surface area (Å²) in [7, 11) is 0. The summed E-state index contributed by atoms with van der Waals surface area (Å²) >= 11 is 5.79. The zero-order valence-electron chi connectivity index (χ0n) is 9.61. The second-order valence-corrected chi connectivity index (χ2v) is 4.91. The molecule has 18 heavy (non-hydrogen) atoms. The molecule has 1 aliphatic rings. The quantitative estimate of drug-likeness (QED) is 0.927. The topological polar surface area (TPSA) is 38.0 Å². The van der Waals surface area contributed by atoms with Crippen molar-refractivity contribution in [1.29, 1.82) is 0 Å². The fourth-order valence-corrected chi connectivity index (χ4v) is 2.19. The molecule has 0 radical (unpaired) electrons. The van der Waals surface area contributed by atoms with Crippen molar-refractivity contribution in [2.45, 2.75) is 25.4 Å². The van der Waals surface area contributed by atoms with Gasteiger partial charge in [-0.2, -0.15) is 5.10 Å². The maximum Gasteiger partial charge on any atom is 0.141 e. The van der Waals surface area contributed by atoms with Crippen molar-refractivity contribution in [3.63, 3.8) is 0 Å². The monoisotopic (exact) mass is 266 g/mol. The first-order valence-corrected chi connectivity index (χ1v) is 6.22. The molecule has 1 heterocycles. The van der Waals surface area contributed by atoms with Crippen molar-refractivity contribution in [3.8, 4) is 5.69 Å². The van der Waals surface area contributed by atoms with Gasteiger partial charge in [0, 0.05) is 11.6 Å². The van der Waals surface area contributed by atoms with Crippen LogP contribution in [-0.4, -0.2) is 14.9 Å². The van der Waals surface area contributed by atoms with Crippen molar-refractivity contribution in [2.24, 2.45) is 0 Å². The highest BCUT2D eigenvalue weighted by atomic mass is 35.5. The van der Waals surface area contributed by atoms with Crippen LogP contribution in [0.2, 0.25) is 5.02 Å². The Morgan fingerprint density at radius 1 is 1.39 bits per heavy atom. The molecule has 94 valence electrons. The summed E-state index contributed by atoms with van der Waals surface area (Å²) in [5, 5.41) is 13.6. The first-order valence-electron chi connectivity index (χ1n) is 5.84. The lowest BCUT2D eigenvalue weighted by molar-refractivity contribution is 0.276. The zero-order chi connectivity index (χ0) is 12.7. The maximum absolute atomic E-state index is 13.2. The van der Waals surface area contributed by atoms with Crippen LogP contribution in [0.25, 0.3) is 5.69 Å². The first-order chi connectivity index (χ1) is 8.69. The van der Waals surface area contributed by atoms with E-state index in [4.69, 9.17) is 16.7 Å². The predicted octanol–water partition coefficient (Wildman–Crippen LogP) is 3.03. The van der Waals surface area contributed by atoms with Crippen LogP contribution in [0.4, 0.5) is 4.39 Å². The number of aromatic nitrogens is 2. The molecule has 1 fully saturated rings. The Morgan fingerprint density at radius 2 is 2.17 bits per heavy atom. The van der Waals surface area contributed by atoms with Gasteiger partial charge in [-0.15, -0.1) is 0 Å². The van der Waals surface area contributed by atoms with E-state index >= 15 is 0 Å². The van der Waals surface area contributed by atoms with Crippen molar-refractivity contribution in [2.75, 3.05) is 0 Å². The molecule has 3 nitrogen and oxygen atoms in total. The molecule has 0 unspecified atom stereocenters. The fourth-order valence-electron chi connectivity index (χ4n) is 2.02. The number of rotatable bonds is 3. The number of nitrogens with zero attached hydrogens (tertiary/aromatic N) is 2. The molecule has 1 aromatic carbocycles. The average molecular weight is 267 g/mol. The zero-order valence-corrected chi connectivity index (χ0v) is 10.4. The molecule has 2 aromatic rings. The third kappa shape index (κ3) is 2.02. The van der Waals surface area contributed by atoms with Crippen LogP contribution < -0.4 is 0 Å². The van der Waals surface area contributed by atoms with Gasteiger partial charge in [0.05, 0.1) is 23.0 Å². The number of halogens is 2.